The summed E-state index contributed by atoms with van der Waals surface area (Å²) in [6.07, 6.45) is 3.43. The lowest BCUT2D eigenvalue weighted by Crippen LogP contribution is -2.13. The minimum absolute atomic E-state index is 0.0395. The van der Waals surface area contributed by atoms with Gasteiger partial charge in [0.15, 0.2) is 0 Å². The Labute approximate surface area is 125 Å². The first kappa shape index (κ1) is 13.7. The summed E-state index contributed by atoms with van der Waals surface area (Å²) in [6, 6.07) is 13.9. The topological polar surface area (TPSA) is 32.3 Å². The highest BCUT2D eigenvalue weighted by molar-refractivity contribution is 6.04. The highest BCUT2D eigenvalue weighted by Gasteiger charge is 2.14. The van der Waals surface area contributed by atoms with E-state index in [2.05, 4.69) is 11.4 Å². The number of nitrogens with zero attached hydrogens (tertiary/aromatic N) is 1. The van der Waals surface area contributed by atoms with Gasteiger partial charge in [0.2, 0.25) is 0 Å². The Hall–Kier alpha value is -2.29. The molecule has 1 aliphatic carbocycles. The Morgan fingerprint density at radius 1 is 1.00 bits per heavy atom. The quantitative estimate of drug-likeness (QED) is 0.933. The molecule has 1 amide bonds. The first-order valence-electron chi connectivity index (χ1n) is 7.34. The van der Waals surface area contributed by atoms with Crippen LogP contribution in [0.25, 0.3) is 0 Å². The third-order valence-electron chi connectivity index (χ3n) is 4.00. The summed E-state index contributed by atoms with van der Waals surface area (Å²) in [5, 5.41) is 2.96. The zero-order valence-electron chi connectivity index (χ0n) is 12.5. The lowest BCUT2D eigenvalue weighted by atomic mass is 10.1. The fraction of sp³-hybridized carbons (Fsp3) is 0.278. The minimum Gasteiger partial charge on any atom is -0.378 e. The van der Waals surface area contributed by atoms with E-state index in [-0.39, 0.29) is 5.91 Å². The Balaban J connectivity index is 1.74. The number of fused-ring (bicyclic) bond motifs is 1. The lowest BCUT2D eigenvalue weighted by Gasteiger charge is -2.13. The molecule has 21 heavy (non-hydrogen) atoms. The van der Waals surface area contributed by atoms with Crippen LogP contribution < -0.4 is 10.2 Å². The third kappa shape index (κ3) is 2.92. The normalized spacial score (nSPS) is 12.9. The van der Waals surface area contributed by atoms with Crippen LogP contribution in [-0.4, -0.2) is 20.0 Å². The molecule has 0 aromatic heterocycles. The van der Waals surface area contributed by atoms with Crippen molar-refractivity contribution in [3.63, 3.8) is 0 Å². The monoisotopic (exact) mass is 280 g/mol. The van der Waals surface area contributed by atoms with Gasteiger partial charge in [-0.25, -0.2) is 0 Å². The summed E-state index contributed by atoms with van der Waals surface area (Å²) in [5.74, 6) is -0.0395. The van der Waals surface area contributed by atoms with Crippen molar-refractivity contribution in [2.24, 2.45) is 0 Å². The number of aryl methyl sites for hydroxylation is 2. The molecular formula is C18H20N2O. The number of amides is 1. The molecule has 3 rings (SSSR count). The molecule has 3 nitrogen and oxygen atoms in total. The number of carbonyl (C=O) groups is 1. The number of anilines is 2. The maximum atomic E-state index is 12.3. The molecule has 0 unspecified atom stereocenters. The van der Waals surface area contributed by atoms with Crippen LogP contribution >= 0.6 is 0 Å². The molecule has 0 saturated carbocycles. The minimum atomic E-state index is -0.0395. The summed E-state index contributed by atoms with van der Waals surface area (Å²) >= 11 is 0. The van der Waals surface area contributed by atoms with Gasteiger partial charge in [-0.15, -0.1) is 0 Å². The molecule has 0 spiro atoms. The van der Waals surface area contributed by atoms with Crippen LogP contribution in [0.4, 0.5) is 11.4 Å². The second-order valence-corrected chi connectivity index (χ2v) is 5.73. The zero-order valence-corrected chi connectivity index (χ0v) is 12.5. The second-order valence-electron chi connectivity index (χ2n) is 5.73. The van der Waals surface area contributed by atoms with Crippen molar-refractivity contribution < 1.29 is 4.79 Å². The molecule has 1 N–H and O–H groups in total. The van der Waals surface area contributed by atoms with Gasteiger partial charge in [0, 0.05) is 31.0 Å². The molecule has 0 atom stereocenters. The summed E-state index contributed by atoms with van der Waals surface area (Å²) in [6.45, 7) is 0. The standard InChI is InChI=1S/C18H20N2O/c1-20(2)17-10-8-16(9-11-17)19-18(21)15-7-6-13-4-3-5-14(13)12-15/h6-12H,3-5H2,1-2H3,(H,19,21). The molecule has 0 radical (unpaired) electrons. The van der Waals surface area contributed by atoms with E-state index in [1.54, 1.807) is 0 Å². The van der Waals surface area contributed by atoms with Crippen molar-refractivity contribution in [1.29, 1.82) is 0 Å². The third-order valence-corrected chi connectivity index (χ3v) is 4.00. The largest absolute Gasteiger partial charge is 0.378 e. The van der Waals surface area contributed by atoms with Gasteiger partial charge in [-0.3, -0.25) is 4.79 Å². The lowest BCUT2D eigenvalue weighted by molar-refractivity contribution is 0.102. The van der Waals surface area contributed by atoms with Gasteiger partial charge in [-0.05, 0) is 66.8 Å². The molecule has 2 aromatic carbocycles. The maximum absolute atomic E-state index is 12.3. The number of hydrogen-bond acceptors (Lipinski definition) is 2. The predicted octanol–water partition coefficient (Wildman–Crippen LogP) is 3.49. The molecule has 0 heterocycles. The molecule has 2 aromatic rings. The van der Waals surface area contributed by atoms with Crippen LogP contribution in [0.1, 0.15) is 27.9 Å². The van der Waals surface area contributed by atoms with E-state index in [4.69, 9.17) is 0 Å². The fourth-order valence-electron chi connectivity index (χ4n) is 2.76. The van der Waals surface area contributed by atoms with Crippen LogP contribution in [0.3, 0.4) is 0 Å². The molecule has 108 valence electrons. The molecule has 1 aliphatic rings. The fourth-order valence-corrected chi connectivity index (χ4v) is 2.76. The molecule has 0 fully saturated rings. The van der Waals surface area contributed by atoms with E-state index in [0.717, 1.165) is 29.8 Å². The highest BCUT2D eigenvalue weighted by Crippen LogP contribution is 2.23. The SMILES string of the molecule is CN(C)c1ccc(NC(=O)c2ccc3c(c2)CCC3)cc1. The van der Waals surface area contributed by atoms with Crippen molar-refractivity contribution >= 4 is 17.3 Å². The summed E-state index contributed by atoms with van der Waals surface area (Å²) < 4.78 is 0. The van der Waals surface area contributed by atoms with Crippen LogP contribution in [0.5, 0.6) is 0 Å². The van der Waals surface area contributed by atoms with E-state index in [9.17, 15) is 4.79 Å². The smallest absolute Gasteiger partial charge is 0.255 e. The number of nitrogens with one attached hydrogen (secondary N) is 1. The van der Waals surface area contributed by atoms with Gasteiger partial charge in [0.05, 0.1) is 0 Å². The van der Waals surface area contributed by atoms with E-state index in [0.29, 0.717) is 0 Å². The number of benzene rings is 2. The second kappa shape index (κ2) is 5.60. The van der Waals surface area contributed by atoms with E-state index >= 15 is 0 Å². The zero-order chi connectivity index (χ0) is 14.8. The summed E-state index contributed by atoms with van der Waals surface area (Å²) in [7, 11) is 4.00. The first-order valence-corrected chi connectivity index (χ1v) is 7.34. The molecule has 3 heteroatoms. The average Bonchev–Trinajstić information content (AvgIpc) is 2.95. The summed E-state index contributed by atoms with van der Waals surface area (Å²) in [4.78, 5) is 14.3. The van der Waals surface area contributed by atoms with Crippen LogP contribution in [0.2, 0.25) is 0 Å². The van der Waals surface area contributed by atoms with Crippen LogP contribution in [-0.2, 0) is 12.8 Å². The van der Waals surface area contributed by atoms with Crippen molar-refractivity contribution in [2.45, 2.75) is 19.3 Å². The van der Waals surface area contributed by atoms with Gasteiger partial charge in [0.25, 0.3) is 5.91 Å². The highest BCUT2D eigenvalue weighted by atomic mass is 16.1. The molecule has 0 saturated heterocycles. The van der Waals surface area contributed by atoms with Gasteiger partial charge >= 0.3 is 0 Å². The Bertz CT molecular complexity index is 659. The molecule has 0 aliphatic heterocycles. The van der Waals surface area contributed by atoms with E-state index in [1.165, 1.54) is 17.5 Å². The number of hydrogen-bond donors (Lipinski definition) is 1. The van der Waals surface area contributed by atoms with E-state index in [1.807, 2.05) is 55.4 Å². The maximum Gasteiger partial charge on any atom is 0.255 e. The Morgan fingerprint density at radius 3 is 2.43 bits per heavy atom. The molecule has 0 bridgehead atoms. The first-order chi connectivity index (χ1) is 10.1. The predicted molar refractivity (Wildman–Crippen MR) is 87.2 cm³/mol. The molecular weight excluding hydrogens is 260 g/mol. The summed E-state index contributed by atoms with van der Waals surface area (Å²) in [5.41, 5.74) is 5.40. The number of carbonyl (C=O) groups excluding carboxylic acids is 1. The number of rotatable bonds is 3. The van der Waals surface area contributed by atoms with Crippen molar-refractivity contribution in [2.75, 3.05) is 24.3 Å². The van der Waals surface area contributed by atoms with Crippen LogP contribution in [0, 0.1) is 0 Å². The average molecular weight is 280 g/mol. The Kier molecular flexibility index (Phi) is 3.65. The Morgan fingerprint density at radius 2 is 1.71 bits per heavy atom. The van der Waals surface area contributed by atoms with Crippen molar-refractivity contribution in [1.82, 2.24) is 0 Å². The van der Waals surface area contributed by atoms with Gasteiger partial charge in [-0.2, -0.15) is 0 Å². The van der Waals surface area contributed by atoms with Crippen LogP contribution in [0.15, 0.2) is 42.5 Å². The van der Waals surface area contributed by atoms with Crippen molar-refractivity contribution in [3.8, 4) is 0 Å². The van der Waals surface area contributed by atoms with E-state index < -0.39 is 0 Å². The van der Waals surface area contributed by atoms with Gasteiger partial charge < -0.3 is 10.2 Å². The van der Waals surface area contributed by atoms with Gasteiger partial charge in [-0.1, -0.05) is 6.07 Å². The van der Waals surface area contributed by atoms with Gasteiger partial charge in [0.1, 0.15) is 0 Å². The van der Waals surface area contributed by atoms with Crippen molar-refractivity contribution in [3.05, 3.63) is 59.2 Å².